The topological polar surface area (TPSA) is 91.8 Å². The SMILES string of the molecule is O=C1c2ccccc2C(=O)N1CC(=O)N(Cc1cccs1)[C@H]1CCS(=O)(=O)C1. The van der Waals surface area contributed by atoms with E-state index >= 15 is 0 Å². The number of thiophene rings is 1. The number of fused-ring (bicyclic) bond motifs is 1. The smallest absolute Gasteiger partial charge is 0.262 e. The molecule has 0 unspecified atom stereocenters. The number of carbonyl (C=O) groups is 3. The molecule has 1 saturated heterocycles. The Hall–Kier alpha value is -2.52. The molecule has 1 aromatic carbocycles. The quantitative estimate of drug-likeness (QED) is 0.687. The number of hydrogen-bond acceptors (Lipinski definition) is 6. The second-order valence-electron chi connectivity index (χ2n) is 6.90. The minimum absolute atomic E-state index is 0.0406. The van der Waals surface area contributed by atoms with Crippen molar-refractivity contribution in [3.63, 3.8) is 0 Å². The zero-order valence-corrected chi connectivity index (χ0v) is 16.5. The van der Waals surface area contributed by atoms with Crippen molar-refractivity contribution >= 4 is 38.9 Å². The number of nitrogens with zero attached hydrogens (tertiary/aromatic N) is 2. The standard InChI is InChI=1S/C19H18N2O5S2/c22-17(11-21-18(23)15-5-1-2-6-16(15)19(21)24)20(10-14-4-3-8-27-14)13-7-9-28(25,26)12-13/h1-6,8,13H,7,9-12H2/t13-/m0/s1. The molecule has 3 amide bonds. The Bertz CT molecular complexity index is 1010. The Kier molecular flexibility index (Phi) is 4.80. The first-order valence-electron chi connectivity index (χ1n) is 8.83. The molecule has 3 heterocycles. The van der Waals surface area contributed by atoms with Crippen LogP contribution in [0.25, 0.3) is 0 Å². The van der Waals surface area contributed by atoms with Crippen molar-refractivity contribution < 1.29 is 22.8 Å². The summed E-state index contributed by atoms with van der Waals surface area (Å²) in [7, 11) is -3.18. The fourth-order valence-corrected chi connectivity index (χ4v) is 6.05. The second-order valence-corrected chi connectivity index (χ2v) is 10.2. The zero-order valence-electron chi connectivity index (χ0n) is 14.9. The third-order valence-corrected chi connectivity index (χ3v) is 7.66. The minimum atomic E-state index is -3.18. The van der Waals surface area contributed by atoms with Crippen molar-refractivity contribution in [1.29, 1.82) is 0 Å². The Morgan fingerprint density at radius 3 is 2.32 bits per heavy atom. The molecular weight excluding hydrogens is 400 g/mol. The molecule has 0 radical (unpaired) electrons. The molecule has 7 nitrogen and oxygen atoms in total. The van der Waals surface area contributed by atoms with Gasteiger partial charge in [-0.15, -0.1) is 11.3 Å². The van der Waals surface area contributed by atoms with Gasteiger partial charge < -0.3 is 4.90 Å². The highest BCUT2D eigenvalue weighted by Crippen LogP contribution is 2.25. The normalized spacial score (nSPS) is 20.4. The molecule has 4 rings (SSSR count). The molecule has 2 aromatic rings. The van der Waals surface area contributed by atoms with Crippen LogP contribution in [0.15, 0.2) is 41.8 Å². The number of imide groups is 1. The highest BCUT2D eigenvalue weighted by molar-refractivity contribution is 7.91. The van der Waals surface area contributed by atoms with Crippen LogP contribution in [0.2, 0.25) is 0 Å². The van der Waals surface area contributed by atoms with Crippen LogP contribution in [0.3, 0.4) is 0 Å². The van der Waals surface area contributed by atoms with E-state index in [4.69, 9.17) is 0 Å². The van der Waals surface area contributed by atoms with E-state index in [1.54, 1.807) is 24.3 Å². The fourth-order valence-electron chi connectivity index (χ4n) is 3.62. The summed E-state index contributed by atoms with van der Waals surface area (Å²) in [6, 6.07) is 9.74. The Balaban J connectivity index is 1.56. The molecule has 0 bridgehead atoms. The summed E-state index contributed by atoms with van der Waals surface area (Å²) in [6.07, 6.45) is 0.363. The van der Waals surface area contributed by atoms with Crippen LogP contribution in [0.5, 0.6) is 0 Å². The van der Waals surface area contributed by atoms with Gasteiger partial charge in [-0.3, -0.25) is 19.3 Å². The lowest BCUT2D eigenvalue weighted by atomic mass is 10.1. The average molecular weight is 418 g/mol. The maximum atomic E-state index is 13.1. The van der Waals surface area contributed by atoms with Gasteiger partial charge in [-0.2, -0.15) is 0 Å². The number of carbonyl (C=O) groups excluding carboxylic acids is 3. The van der Waals surface area contributed by atoms with Gasteiger partial charge in [-0.25, -0.2) is 8.42 Å². The van der Waals surface area contributed by atoms with Crippen molar-refractivity contribution in [3.8, 4) is 0 Å². The maximum Gasteiger partial charge on any atom is 0.262 e. The second kappa shape index (κ2) is 7.14. The number of amides is 3. The van der Waals surface area contributed by atoms with E-state index in [0.29, 0.717) is 6.42 Å². The number of sulfone groups is 1. The first-order chi connectivity index (χ1) is 13.4. The third kappa shape index (κ3) is 3.47. The third-order valence-electron chi connectivity index (χ3n) is 5.05. The molecule has 0 N–H and O–H groups in total. The lowest BCUT2D eigenvalue weighted by Gasteiger charge is -2.29. The van der Waals surface area contributed by atoms with Crippen LogP contribution >= 0.6 is 11.3 Å². The Morgan fingerprint density at radius 2 is 1.79 bits per heavy atom. The average Bonchev–Trinajstić information content (AvgIpc) is 3.36. The molecule has 28 heavy (non-hydrogen) atoms. The molecule has 2 aliphatic rings. The summed E-state index contributed by atoms with van der Waals surface area (Å²) in [6.45, 7) is -0.131. The predicted octanol–water partition coefficient (Wildman–Crippen LogP) is 1.56. The van der Waals surface area contributed by atoms with E-state index in [9.17, 15) is 22.8 Å². The molecule has 1 fully saturated rings. The van der Waals surface area contributed by atoms with E-state index in [1.807, 2.05) is 17.5 Å². The number of hydrogen-bond donors (Lipinski definition) is 0. The van der Waals surface area contributed by atoms with Crippen molar-refractivity contribution in [1.82, 2.24) is 9.80 Å². The molecule has 1 aromatic heterocycles. The van der Waals surface area contributed by atoms with Gasteiger partial charge in [-0.1, -0.05) is 18.2 Å². The summed E-state index contributed by atoms with van der Waals surface area (Å²) in [5, 5.41) is 1.88. The fraction of sp³-hybridized carbons (Fsp3) is 0.316. The summed E-state index contributed by atoms with van der Waals surface area (Å²) in [5.74, 6) is -1.47. The molecule has 1 atom stereocenters. The van der Waals surface area contributed by atoms with Crippen LogP contribution in [-0.2, 0) is 21.2 Å². The molecule has 9 heteroatoms. The highest BCUT2D eigenvalue weighted by Gasteiger charge is 2.40. The van der Waals surface area contributed by atoms with Crippen molar-refractivity contribution in [2.24, 2.45) is 0 Å². The van der Waals surface area contributed by atoms with Crippen molar-refractivity contribution in [2.45, 2.75) is 19.0 Å². The van der Waals surface area contributed by atoms with Gasteiger partial charge in [0.15, 0.2) is 9.84 Å². The van der Waals surface area contributed by atoms with Gasteiger partial charge in [0.25, 0.3) is 11.8 Å². The highest BCUT2D eigenvalue weighted by atomic mass is 32.2. The van der Waals surface area contributed by atoms with E-state index in [0.717, 1.165) is 9.78 Å². The summed E-state index contributed by atoms with van der Waals surface area (Å²) in [5.41, 5.74) is 0.571. The lowest BCUT2D eigenvalue weighted by molar-refractivity contribution is -0.134. The van der Waals surface area contributed by atoms with E-state index in [2.05, 4.69) is 0 Å². The van der Waals surface area contributed by atoms with Gasteiger partial charge in [0.05, 0.1) is 29.2 Å². The van der Waals surface area contributed by atoms with E-state index < -0.39 is 40.1 Å². The van der Waals surface area contributed by atoms with Gasteiger partial charge in [0.2, 0.25) is 5.91 Å². The number of benzene rings is 1. The largest absolute Gasteiger partial charge is 0.332 e. The van der Waals surface area contributed by atoms with Crippen LogP contribution < -0.4 is 0 Å². The predicted molar refractivity (Wildman–Crippen MR) is 104 cm³/mol. The van der Waals surface area contributed by atoms with E-state index in [1.165, 1.54) is 16.2 Å². The monoisotopic (exact) mass is 418 g/mol. The summed E-state index contributed by atoms with van der Waals surface area (Å²) in [4.78, 5) is 41.5. The first-order valence-corrected chi connectivity index (χ1v) is 11.5. The van der Waals surface area contributed by atoms with Crippen LogP contribution in [0.4, 0.5) is 0 Å². The van der Waals surface area contributed by atoms with Crippen LogP contribution in [0.1, 0.15) is 32.0 Å². The first kappa shape index (κ1) is 18.8. The molecular formula is C19H18N2O5S2. The van der Waals surface area contributed by atoms with E-state index in [-0.39, 0.29) is 29.2 Å². The summed E-state index contributed by atoms with van der Waals surface area (Å²) >= 11 is 1.47. The van der Waals surface area contributed by atoms with Crippen LogP contribution in [0, 0.1) is 0 Å². The van der Waals surface area contributed by atoms with Gasteiger partial charge in [-0.05, 0) is 30.0 Å². The number of rotatable bonds is 5. The molecule has 0 spiro atoms. The van der Waals surface area contributed by atoms with Crippen molar-refractivity contribution in [3.05, 3.63) is 57.8 Å². The lowest BCUT2D eigenvalue weighted by Crippen LogP contribution is -2.47. The molecule has 146 valence electrons. The van der Waals surface area contributed by atoms with Crippen molar-refractivity contribution in [2.75, 3.05) is 18.1 Å². The Labute approximate surface area is 166 Å². The van der Waals surface area contributed by atoms with Gasteiger partial charge in [0.1, 0.15) is 6.54 Å². The maximum absolute atomic E-state index is 13.1. The van der Waals surface area contributed by atoms with Gasteiger partial charge >= 0.3 is 0 Å². The molecule has 2 aliphatic heterocycles. The molecule has 0 saturated carbocycles. The minimum Gasteiger partial charge on any atom is -0.332 e. The van der Waals surface area contributed by atoms with Gasteiger partial charge in [0, 0.05) is 10.9 Å². The summed E-state index contributed by atoms with van der Waals surface area (Å²) < 4.78 is 23.8. The Morgan fingerprint density at radius 1 is 1.11 bits per heavy atom. The zero-order chi connectivity index (χ0) is 19.9. The molecule has 0 aliphatic carbocycles. The van der Waals surface area contributed by atoms with Crippen LogP contribution in [-0.4, -0.2) is 60.0 Å².